The number of fused-ring (bicyclic) bond motifs is 1. The van der Waals surface area contributed by atoms with E-state index < -0.39 is 10.2 Å². The molecule has 162 valence electrons. The van der Waals surface area contributed by atoms with Gasteiger partial charge in [0.2, 0.25) is 5.91 Å². The first kappa shape index (κ1) is 22.3. The lowest BCUT2D eigenvalue weighted by atomic mass is 10.0. The number of hydrogen-bond donors (Lipinski definition) is 1. The minimum atomic E-state index is -3.83. The van der Waals surface area contributed by atoms with Gasteiger partial charge in [-0.25, -0.2) is 4.31 Å². The van der Waals surface area contributed by atoms with E-state index in [0.717, 1.165) is 33.8 Å². The van der Waals surface area contributed by atoms with Crippen molar-refractivity contribution in [1.29, 1.82) is 0 Å². The van der Waals surface area contributed by atoms with E-state index in [1.54, 1.807) is 6.07 Å². The standard InChI is InChI=1S/C23H31N3O3S/c1-16-9-10-17(2)22(13-16)26(30(28,29)25(4)5)15-23(27)24-18(3)20-12-11-19-7-6-8-21(19)14-20/h9-14,18H,6-8,15H2,1-5H3,(H,24,27)/t18-/m1/s1. The average Bonchev–Trinajstić information content (AvgIpc) is 3.15. The molecule has 0 spiro atoms. The Labute approximate surface area is 180 Å². The zero-order valence-electron chi connectivity index (χ0n) is 18.4. The molecule has 0 heterocycles. The number of nitrogens with one attached hydrogen (secondary N) is 1. The molecule has 1 amide bonds. The van der Waals surface area contributed by atoms with Crippen LogP contribution in [0.15, 0.2) is 36.4 Å². The summed E-state index contributed by atoms with van der Waals surface area (Å²) in [5.41, 5.74) is 6.02. The molecule has 0 aromatic heterocycles. The zero-order valence-corrected chi connectivity index (χ0v) is 19.2. The van der Waals surface area contributed by atoms with Gasteiger partial charge in [-0.2, -0.15) is 12.7 Å². The summed E-state index contributed by atoms with van der Waals surface area (Å²) in [5, 5.41) is 2.97. The summed E-state index contributed by atoms with van der Waals surface area (Å²) in [6, 6.07) is 11.7. The molecular weight excluding hydrogens is 398 g/mol. The molecule has 1 N–H and O–H groups in total. The van der Waals surface area contributed by atoms with E-state index in [0.29, 0.717) is 5.69 Å². The van der Waals surface area contributed by atoms with Crippen molar-refractivity contribution in [2.75, 3.05) is 24.9 Å². The van der Waals surface area contributed by atoms with Gasteiger partial charge >= 0.3 is 10.2 Å². The first-order chi connectivity index (χ1) is 14.1. The number of hydrogen-bond acceptors (Lipinski definition) is 3. The number of carbonyl (C=O) groups is 1. The normalized spacial score (nSPS) is 14.5. The number of nitrogens with zero attached hydrogens (tertiary/aromatic N) is 2. The molecule has 0 radical (unpaired) electrons. The second kappa shape index (κ2) is 8.78. The van der Waals surface area contributed by atoms with E-state index in [2.05, 4.69) is 17.4 Å². The first-order valence-corrected chi connectivity index (χ1v) is 11.7. The number of carbonyl (C=O) groups excluding carboxylic acids is 1. The van der Waals surface area contributed by atoms with Crippen molar-refractivity contribution < 1.29 is 13.2 Å². The van der Waals surface area contributed by atoms with Crippen LogP contribution in [0.5, 0.6) is 0 Å². The summed E-state index contributed by atoms with van der Waals surface area (Å²) in [6.45, 7) is 5.40. The van der Waals surface area contributed by atoms with Gasteiger partial charge in [-0.05, 0) is 73.9 Å². The second-order valence-corrected chi connectivity index (χ2v) is 10.3. The molecule has 1 aliphatic rings. The number of aryl methyl sites for hydroxylation is 4. The van der Waals surface area contributed by atoms with Crippen LogP contribution in [0.4, 0.5) is 5.69 Å². The monoisotopic (exact) mass is 429 g/mol. The highest BCUT2D eigenvalue weighted by atomic mass is 32.2. The maximum absolute atomic E-state index is 13.0. The lowest BCUT2D eigenvalue weighted by molar-refractivity contribution is -0.120. The molecule has 2 aromatic carbocycles. The Morgan fingerprint density at radius 2 is 1.77 bits per heavy atom. The Hall–Kier alpha value is -2.38. The highest BCUT2D eigenvalue weighted by molar-refractivity contribution is 7.90. The van der Waals surface area contributed by atoms with Gasteiger partial charge in [-0.15, -0.1) is 0 Å². The Morgan fingerprint density at radius 3 is 2.47 bits per heavy atom. The molecule has 0 aliphatic heterocycles. The van der Waals surface area contributed by atoms with Gasteiger partial charge in [0.05, 0.1) is 11.7 Å². The fourth-order valence-electron chi connectivity index (χ4n) is 3.84. The summed E-state index contributed by atoms with van der Waals surface area (Å²) < 4.78 is 28.3. The molecule has 6 nitrogen and oxygen atoms in total. The van der Waals surface area contributed by atoms with Gasteiger partial charge in [0.25, 0.3) is 0 Å². The summed E-state index contributed by atoms with van der Waals surface area (Å²) in [6.07, 6.45) is 3.36. The lowest BCUT2D eigenvalue weighted by Gasteiger charge is -2.29. The zero-order chi connectivity index (χ0) is 22.1. The third-order valence-electron chi connectivity index (χ3n) is 5.66. The van der Waals surface area contributed by atoms with E-state index >= 15 is 0 Å². The second-order valence-electron chi connectivity index (χ2n) is 8.26. The summed E-state index contributed by atoms with van der Waals surface area (Å²) in [5.74, 6) is -0.339. The Kier molecular flexibility index (Phi) is 6.53. The molecule has 2 aromatic rings. The van der Waals surface area contributed by atoms with Gasteiger partial charge in [-0.1, -0.05) is 30.3 Å². The molecule has 7 heteroatoms. The van der Waals surface area contributed by atoms with Crippen molar-refractivity contribution in [2.24, 2.45) is 0 Å². The Balaban J connectivity index is 1.82. The van der Waals surface area contributed by atoms with E-state index in [1.807, 2.05) is 39.0 Å². The lowest BCUT2D eigenvalue weighted by Crippen LogP contribution is -2.46. The fourth-order valence-corrected chi connectivity index (χ4v) is 4.96. The highest BCUT2D eigenvalue weighted by Crippen LogP contribution is 2.27. The van der Waals surface area contributed by atoms with E-state index in [4.69, 9.17) is 0 Å². The SMILES string of the molecule is Cc1ccc(C)c(N(CC(=O)N[C@H](C)c2ccc3c(c2)CCC3)S(=O)(=O)N(C)C)c1. The number of benzene rings is 2. The largest absolute Gasteiger partial charge is 0.348 e. The van der Waals surface area contributed by atoms with Crippen molar-refractivity contribution in [3.63, 3.8) is 0 Å². The summed E-state index contributed by atoms with van der Waals surface area (Å²) in [7, 11) is -0.887. The molecular formula is C23H31N3O3S. The molecule has 3 rings (SSSR count). The molecule has 1 aliphatic carbocycles. The molecule has 0 saturated heterocycles. The van der Waals surface area contributed by atoms with E-state index in [1.165, 1.54) is 35.9 Å². The predicted octanol–water partition coefficient (Wildman–Crippen LogP) is 3.28. The maximum Gasteiger partial charge on any atom is 0.304 e. The number of rotatable bonds is 7. The van der Waals surface area contributed by atoms with Crippen LogP contribution in [-0.4, -0.2) is 39.3 Å². The highest BCUT2D eigenvalue weighted by Gasteiger charge is 2.29. The van der Waals surface area contributed by atoms with E-state index in [-0.39, 0.29) is 18.5 Å². The van der Waals surface area contributed by atoms with E-state index in [9.17, 15) is 13.2 Å². The smallest absolute Gasteiger partial charge is 0.304 e. The van der Waals surface area contributed by atoms with Crippen LogP contribution >= 0.6 is 0 Å². The summed E-state index contributed by atoms with van der Waals surface area (Å²) >= 11 is 0. The van der Waals surface area contributed by atoms with Gasteiger partial charge in [0.15, 0.2) is 0 Å². The van der Waals surface area contributed by atoms with Crippen molar-refractivity contribution >= 4 is 21.8 Å². The van der Waals surface area contributed by atoms with Crippen LogP contribution in [0.25, 0.3) is 0 Å². The maximum atomic E-state index is 13.0. The molecule has 0 saturated carbocycles. The van der Waals surface area contributed by atoms with Gasteiger partial charge in [0, 0.05) is 14.1 Å². The Morgan fingerprint density at radius 1 is 1.07 bits per heavy atom. The molecule has 0 bridgehead atoms. The third-order valence-corrected chi connectivity index (χ3v) is 7.47. The first-order valence-electron chi connectivity index (χ1n) is 10.3. The van der Waals surface area contributed by atoms with Crippen LogP contribution < -0.4 is 9.62 Å². The number of anilines is 1. The average molecular weight is 430 g/mol. The quantitative estimate of drug-likeness (QED) is 0.734. The minimum absolute atomic E-state index is 0.203. The molecule has 1 atom stereocenters. The van der Waals surface area contributed by atoms with Gasteiger partial charge < -0.3 is 5.32 Å². The minimum Gasteiger partial charge on any atom is -0.348 e. The van der Waals surface area contributed by atoms with Crippen molar-refractivity contribution in [1.82, 2.24) is 9.62 Å². The topological polar surface area (TPSA) is 69.7 Å². The van der Waals surface area contributed by atoms with Crippen LogP contribution in [0.1, 0.15) is 47.2 Å². The third kappa shape index (κ3) is 4.68. The van der Waals surface area contributed by atoms with Crippen LogP contribution in [0.3, 0.4) is 0 Å². The van der Waals surface area contributed by atoms with Crippen molar-refractivity contribution in [2.45, 2.75) is 46.1 Å². The fraction of sp³-hybridized carbons (Fsp3) is 0.435. The van der Waals surface area contributed by atoms with Crippen molar-refractivity contribution in [3.05, 3.63) is 64.2 Å². The van der Waals surface area contributed by atoms with Crippen molar-refractivity contribution in [3.8, 4) is 0 Å². The van der Waals surface area contributed by atoms with Gasteiger partial charge in [-0.3, -0.25) is 4.79 Å². The number of amides is 1. The van der Waals surface area contributed by atoms with Crippen LogP contribution in [-0.2, 0) is 27.8 Å². The molecule has 0 fully saturated rings. The summed E-state index contributed by atoms with van der Waals surface area (Å²) in [4.78, 5) is 12.9. The molecule has 30 heavy (non-hydrogen) atoms. The van der Waals surface area contributed by atoms with Crippen LogP contribution in [0, 0.1) is 13.8 Å². The Bertz CT molecular complexity index is 1050. The molecule has 0 unspecified atom stereocenters. The van der Waals surface area contributed by atoms with Gasteiger partial charge in [0.1, 0.15) is 6.54 Å². The predicted molar refractivity (Wildman–Crippen MR) is 121 cm³/mol. The van der Waals surface area contributed by atoms with Crippen LogP contribution in [0.2, 0.25) is 0 Å².